The fourth-order valence-corrected chi connectivity index (χ4v) is 3.70. The minimum atomic E-state index is -0.345. The van der Waals surface area contributed by atoms with Gasteiger partial charge in [0.15, 0.2) is 0 Å². The van der Waals surface area contributed by atoms with E-state index in [1.807, 2.05) is 0 Å². The van der Waals surface area contributed by atoms with Crippen LogP contribution in [0.2, 0.25) is 0 Å². The Morgan fingerprint density at radius 2 is 2.20 bits per heavy atom. The molecule has 1 amide bonds. The summed E-state index contributed by atoms with van der Waals surface area (Å²) in [6, 6.07) is 4.56. The highest BCUT2D eigenvalue weighted by atomic mass is 19.1. The Balaban J connectivity index is 1.48. The van der Waals surface area contributed by atoms with Crippen molar-refractivity contribution < 1.29 is 18.3 Å². The van der Waals surface area contributed by atoms with Crippen LogP contribution in [0.3, 0.4) is 0 Å². The van der Waals surface area contributed by atoms with Crippen LogP contribution in [0.25, 0.3) is 11.5 Å². The van der Waals surface area contributed by atoms with Crippen molar-refractivity contribution in [2.45, 2.75) is 25.4 Å². The minimum Gasteiger partial charge on any atom is -0.445 e. The Bertz CT molecular complexity index is 757. The van der Waals surface area contributed by atoms with Crippen molar-refractivity contribution in [2.24, 2.45) is 5.41 Å². The van der Waals surface area contributed by atoms with Crippen LogP contribution in [-0.2, 0) is 16.1 Å². The van der Waals surface area contributed by atoms with Gasteiger partial charge in [0.25, 0.3) is 0 Å². The Labute approximate surface area is 144 Å². The second kappa shape index (κ2) is 6.57. The van der Waals surface area contributed by atoms with E-state index in [4.69, 9.17) is 9.15 Å². The van der Waals surface area contributed by atoms with Gasteiger partial charge in [-0.2, -0.15) is 0 Å². The molecule has 2 aromatic rings. The van der Waals surface area contributed by atoms with E-state index in [2.05, 4.69) is 15.6 Å². The smallest absolute Gasteiger partial charge is 0.237 e. The molecule has 2 fully saturated rings. The first-order valence-corrected chi connectivity index (χ1v) is 8.45. The number of carbonyl (C=O) groups is 1. The first-order chi connectivity index (χ1) is 12.2. The van der Waals surface area contributed by atoms with Crippen molar-refractivity contribution in [1.82, 2.24) is 15.6 Å². The zero-order chi connectivity index (χ0) is 17.3. The number of carbonyl (C=O) groups excluding carboxylic acids is 1. The Hall–Kier alpha value is -2.25. The number of nitrogens with one attached hydrogen (secondary N) is 2. The maximum Gasteiger partial charge on any atom is 0.237 e. The molecule has 7 heteroatoms. The number of amides is 1. The molecule has 25 heavy (non-hydrogen) atoms. The molecule has 3 heterocycles. The number of benzene rings is 1. The molecule has 1 aromatic heterocycles. The molecule has 2 aliphatic rings. The fourth-order valence-electron chi connectivity index (χ4n) is 3.70. The molecule has 1 aromatic carbocycles. The van der Waals surface area contributed by atoms with Gasteiger partial charge in [0.05, 0.1) is 12.2 Å². The Morgan fingerprint density at radius 1 is 1.36 bits per heavy atom. The third-order valence-corrected chi connectivity index (χ3v) is 5.21. The molecule has 0 saturated carbocycles. The number of rotatable bonds is 4. The topological polar surface area (TPSA) is 76.4 Å². The standard InChI is InChI=1S/C18H20FN3O3/c19-14-9-12(17-20-5-8-25-17)1-2-13(14)10-21-15-16(23)22-11-18(15)3-6-24-7-4-18/h1-2,5,8-9,15,21H,3-4,6-7,10-11H2,(H,22,23). The quantitative estimate of drug-likeness (QED) is 0.885. The predicted molar refractivity (Wildman–Crippen MR) is 88.0 cm³/mol. The van der Waals surface area contributed by atoms with Gasteiger partial charge in [0.2, 0.25) is 11.8 Å². The maximum absolute atomic E-state index is 14.4. The summed E-state index contributed by atoms with van der Waals surface area (Å²) in [5.41, 5.74) is 0.965. The first kappa shape index (κ1) is 16.2. The van der Waals surface area contributed by atoms with E-state index < -0.39 is 0 Å². The number of oxazole rings is 1. The zero-order valence-electron chi connectivity index (χ0n) is 13.8. The molecule has 2 saturated heterocycles. The predicted octanol–water partition coefficient (Wildman–Crippen LogP) is 1.87. The van der Waals surface area contributed by atoms with E-state index in [0.29, 0.717) is 43.3 Å². The lowest BCUT2D eigenvalue weighted by atomic mass is 9.76. The van der Waals surface area contributed by atoms with Crippen molar-refractivity contribution in [3.05, 3.63) is 42.0 Å². The summed E-state index contributed by atoms with van der Waals surface area (Å²) in [5.74, 6) is 0.0242. The normalized spacial score (nSPS) is 22.3. The molecule has 2 N–H and O–H groups in total. The van der Waals surface area contributed by atoms with Crippen LogP contribution in [0.5, 0.6) is 0 Å². The van der Waals surface area contributed by atoms with Gasteiger partial charge in [-0.05, 0) is 25.0 Å². The van der Waals surface area contributed by atoms with Crippen LogP contribution >= 0.6 is 0 Å². The van der Waals surface area contributed by atoms with Gasteiger partial charge in [-0.25, -0.2) is 9.37 Å². The summed E-state index contributed by atoms with van der Waals surface area (Å²) in [7, 11) is 0. The molecule has 0 bridgehead atoms. The Kier molecular flexibility index (Phi) is 4.27. The van der Waals surface area contributed by atoms with Crippen molar-refractivity contribution in [1.29, 1.82) is 0 Å². The van der Waals surface area contributed by atoms with Crippen LogP contribution in [0.15, 0.2) is 35.1 Å². The second-order valence-electron chi connectivity index (χ2n) is 6.65. The van der Waals surface area contributed by atoms with Crippen LogP contribution in [0, 0.1) is 11.2 Å². The number of hydrogen-bond acceptors (Lipinski definition) is 5. The van der Waals surface area contributed by atoms with Crippen molar-refractivity contribution in [3.63, 3.8) is 0 Å². The molecule has 1 unspecified atom stereocenters. The van der Waals surface area contributed by atoms with E-state index in [0.717, 1.165) is 12.8 Å². The molecular weight excluding hydrogens is 325 g/mol. The highest BCUT2D eigenvalue weighted by Gasteiger charge is 2.48. The van der Waals surface area contributed by atoms with E-state index >= 15 is 0 Å². The summed E-state index contributed by atoms with van der Waals surface area (Å²) in [4.78, 5) is 16.3. The average Bonchev–Trinajstić information content (AvgIpc) is 3.25. The van der Waals surface area contributed by atoms with Gasteiger partial charge in [0.1, 0.15) is 12.1 Å². The second-order valence-corrected chi connectivity index (χ2v) is 6.65. The first-order valence-electron chi connectivity index (χ1n) is 8.45. The lowest BCUT2D eigenvalue weighted by molar-refractivity contribution is -0.122. The maximum atomic E-state index is 14.4. The van der Waals surface area contributed by atoms with Gasteiger partial charge in [-0.1, -0.05) is 6.07 Å². The monoisotopic (exact) mass is 345 g/mol. The highest BCUT2D eigenvalue weighted by Crippen LogP contribution is 2.37. The molecule has 0 radical (unpaired) electrons. The zero-order valence-corrected chi connectivity index (χ0v) is 13.8. The van der Waals surface area contributed by atoms with E-state index in [9.17, 15) is 9.18 Å². The average molecular weight is 345 g/mol. The number of nitrogens with zero attached hydrogens (tertiary/aromatic N) is 1. The molecule has 1 spiro atoms. The highest BCUT2D eigenvalue weighted by molar-refractivity contribution is 5.85. The number of ether oxygens (including phenoxy) is 1. The molecule has 132 valence electrons. The van der Waals surface area contributed by atoms with Gasteiger partial charge < -0.3 is 19.8 Å². The van der Waals surface area contributed by atoms with Crippen LogP contribution in [-0.4, -0.2) is 36.7 Å². The molecular formula is C18H20FN3O3. The summed E-state index contributed by atoms with van der Waals surface area (Å²) < 4.78 is 25.0. The molecule has 0 aliphatic carbocycles. The lowest BCUT2D eigenvalue weighted by Gasteiger charge is -2.36. The van der Waals surface area contributed by atoms with Gasteiger partial charge >= 0.3 is 0 Å². The van der Waals surface area contributed by atoms with Gasteiger partial charge in [-0.3, -0.25) is 4.79 Å². The summed E-state index contributed by atoms with van der Waals surface area (Å²) in [6.45, 7) is 2.26. The van der Waals surface area contributed by atoms with Crippen molar-refractivity contribution in [3.8, 4) is 11.5 Å². The molecule has 1 atom stereocenters. The number of halogens is 1. The van der Waals surface area contributed by atoms with Gasteiger partial charge in [0, 0.05) is 42.8 Å². The minimum absolute atomic E-state index is 0.0151. The Morgan fingerprint density at radius 3 is 2.92 bits per heavy atom. The third-order valence-electron chi connectivity index (χ3n) is 5.21. The number of aromatic nitrogens is 1. The van der Waals surface area contributed by atoms with Gasteiger partial charge in [-0.15, -0.1) is 0 Å². The number of hydrogen-bond donors (Lipinski definition) is 2. The summed E-state index contributed by atoms with van der Waals surface area (Å²) in [6.07, 6.45) is 4.63. The SMILES string of the molecule is O=C1NCC2(CCOCC2)C1NCc1ccc(-c2ncco2)cc1F. The lowest BCUT2D eigenvalue weighted by Crippen LogP contribution is -2.49. The van der Waals surface area contributed by atoms with Crippen LogP contribution in [0.4, 0.5) is 4.39 Å². The van der Waals surface area contributed by atoms with E-state index in [1.54, 1.807) is 12.1 Å². The molecule has 2 aliphatic heterocycles. The largest absolute Gasteiger partial charge is 0.445 e. The van der Waals surface area contributed by atoms with Crippen LogP contribution < -0.4 is 10.6 Å². The summed E-state index contributed by atoms with van der Waals surface area (Å²) >= 11 is 0. The van der Waals surface area contributed by atoms with Crippen LogP contribution in [0.1, 0.15) is 18.4 Å². The summed E-state index contributed by atoms with van der Waals surface area (Å²) in [5, 5.41) is 6.19. The molecule has 4 rings (SSSR count). The fraction of sp³-hybridized carbons (Fsp3) is 0.444. The van der Waals surface area contributed by atoms with Crippen molar-refractivity contribution in [2.75, 3.05) is 19.8 Å². The third kappa shape index (κ3) is 3.05. The van der Waals surface area contributed by atoms with E-state index in [1.165, 1.54) is 18.5 Å². The van der Waals surface area contributed by atoms with Crippen molar-refractivity contribution >= 4 is 5.91 Å². The van der Waals surface area contributed by atoms with E-state index in [-0.39, 0.29) is 23.2 Å². The molecule has 6 nitrogen and oxygen atoms in total.